The zero-order valence-corrected chi connectivity index (χ0v) is 18.6. The Morgan fingerprint density at radius 1 is 1.19 bits per heavy atom. The molecule has 1 fully saturated rings. The molecule has 1 aliphatic heterocycles. The summed E-state index contributed by atoms with van der Waals surface area (Å²) in [6.45, 7) is 9.29. The van der Waals surface area contributed by atoms with Crippen molar-refractivity contribution in [3.63, 3.8) is 0 Å². The summed E-state index contributed by atoms with van der Waals surface area (Å²) in [6, 6.07) is 14.8. The molecule has 0 saturated carbocycles. The molecule has 2 heterocycles. The van der Waals surface area contributed by atoms with Crippen molar-refractivity contribution in [1.29, 1.82) is 0 Å². The maximum Gasteiger partial charge on any atom is 0.227 e. The van der Waals surface area contributed by atoms with Crippen molar-refractivity contribution < 1.29 is 9.18 Å². The molecule has 1 atom stereocenters. The van der Waals surface area contributed by atoms with E-state index in [4.69, 9.17) is 4.98 Å². The lowest BCUT2D eigenvalue weighted by Crippen LogP contribution is -2.46. The van der Waals surface area contributed by atoms with Gasteiger partial charge in [-0.15, -0.1) is 0 Å². The Kier molecular flexibility index (Phi) is 6.37. The normalized spacial score (nSPS) is 17.4. The van der Waals surface area contributed by atoms with E-state index in [2.05, 4.69) is 23.3 Å². The van der Waals surface area contributed by atoms with Crippen LogP contribution in [0, 0.1) is 11.7 Å². The van der Waals surface area contributed by atoms with Gasteiger partial charge in [-0.3, -0.25) is 14.3 Å². The lowest BCUT2D eigenvalue weighted by Gasteiger charge is -2.36. The van der Waals surface area contributed by atoms with Crippen LogP contribution < -0.4 is 0 Å². The number of benzene rings is 2. The van der Waals surface area contributed by atoms with Crippen LogP contribution in [0.25, 0.3) is 16.7 Å². The third-order valence-electron chi connectivity index (χ3n) is 6.18. The molecule has 0 spiro atoms. The van der Waals surface area contributed by atoms with Crippen LogP contribution in [0.3, 0.4) is 0 Å². The Morgan fingerprint density at radius 3 is 2.65 bits per heavy atom. The fourth-order valence-electron chi connectivity index (χ4n) is 4.67. The van der Waals surface area contributed by atoms with Crippen LogP contribution in [0.15, 0.2) is 48.5 Å². The lowest BCUT2D eigenvalue weighted by atomic mass is 9.96. The van der Waals surface area contributed by atoms with Gasteiger partial charge in [0, 0.05) is 24.8 Å². The van der Waals surface area contributed by atoms with Gasteiger partial charge in [0.2, 0.25) is 5.91 Å². The highest BCUT2D eigenvalue weighted by atomic mass is 19.1. The second kappa shape index (κ2) is 9.18. The molecule has 1 amide bonds. The molecule has 1 aliphatic rings. The Bertz CT molecular complexity index is 1040. The van der Waals surface area contributed by atoms with E-state index >= 15 is 0 Å². The van der Waals surface area contributed by atoms with Gasteiger partial charge in [0.05, 0.1) is 23.5 Å². The second-order valence-corrected chi connectivity index (χ2v) is 8.62. The molecule has 0 unspecified atom stereocenters. The number of likely N-dealkylation sites (tertiary alicyclic amines) is 1. The number of nitrogens with zero attached hydrogens (tertiary/aromatic N) is 4. The lowest BCUT2D eigenvalue weighted by molar-refractivity contribution is -0.139. The molecule has 1 aromatic heterocycles. The van der Waals surface area contributed by atoms with Gasteiger partial charge in [-0.05, 0) is 76.6 Å². The summed E-state index contributed by atoms with van der Waals surface area (Å²) in [5, 5.41) is 0. The molecule has 1 saturated heterocycles. The smallest absolute Gasteiger partial charge is 0.227 e. The molecule has 0 N–H and O–H groups in total. The largest absolute Gasteiger partial charge is 0.340 e. The summed E-state index contributed by atoms with van der Waals surface area (Å²) in [5.41, 5.74) is 2.82. The highest BCUT2D eigenvalue weighted by Crippen LogP contribution is 2.26. The molecule has 3 aromatic rings. The van der Waals surface area contributed by atoms with Crippen molar-refractivity contribution in [3.8, 4) is 5.69 Å². The molecule has 5 nitrogen and oxygen atoms in total. The van der Waals surface area contributed by atoms with E-state index < -0.39 is 0 Å². The number of para-hydroxylation sites is 2. The van der Waals surface area contributed by atoms with Gasteiger partial charge >= 0.3 is 0 Å². The standard InChI is InChI=1S/C25H31FN4O/c1-4-29(18(2)3)25(31)19-8-7-15-28(16-19)17-24-27-22-9-5-6-10-23(22)30(24)21-13-11-20(26)12-14-21/h5-6,9-14,18-19H,4,7-8,15-17H2,1-3H3/t19-/m1/s1. The summed E-state index contributed by atoms with van der Waals surface area (Å²) < 4.78 is 15.6. The number of hydrogen-bond acceptors (Lipinski definition) is 3. The number of amides is 1. The van der Waals surface area contributed by atoms with Crippen molar-refractivity contribution in [1.82, 2.24) is 19.4 Å². The molecule has 4 rings (SSSR count). The molecule has 31 heavy (non-hydrogen) atoms. The number of aromatic nitrogens is 2. The molecule has 2 aromatic carbocycles. The van der Waals surface area contributed by atoms with E-state index in [1.807, 2.05) is 36.1 Å². The van der Waals surface area contributed by atoms with Gasteiger partial charge in [-0.25, -0.2) is 9.37 Å². The average molecular weight is 423 g/mol. The van der Waals surface area contributed by atoms with Crippen LogP contribution in [-0.4, -0.2) is 50.9 Å². The van der Waals surface area contributed by atoms with E-state index in [-0.39, 0.29) is 23.7 Å². The molecular weight excluding hydrogens is 391 g/mol. The number of carbonyl (C=O) groups excluding carboxylic acids is 1. The van der Waals surface area contributed by atoms with E-state index in [9.17, 15) is 9.18 Å². The van der Waals surface area contributed by atoms with Crippen molar-refractivity contribution in [2.45, 2.75) is 46.2 Å². The fraction of sp³-hybridized carbons (Fsp3) is 0.440. The number of hydrogen-bond donors (Lipinski definition) is 0. The molecule has 0 aliphatic carbocycles. The first kappa shape index (κ1) is 21.5. The minimum atomic E-state index is -0.252. The van der Waals surface area contributed by atoms with Gasteiger partial charge < -0.3 is 4.90 Å². The van der Waals surface area contributed by atoms with Crippen LogP contribution >= 0.6 is 0 Å². The summed E-state index contributed by atoms with van der Waals surface area (Å²) in [4.78, 5) is 22.3. The second-order valence-electron chi connectivity index (χ2n) is 8.62. The maximum absolute atomic E-state index is 13.5. The van der Waals surface area contributed by atoms with E-state index in [1.165, 1.54) is 12.1 Å². The first-order chi connectivity index (χ1) is 15.0. The molecule has 0 bridgehead atoms. The fourth-order valence-corrected chi connectivity index (χ4v) is 4.67. The molecule has 6 heteroatoms. The average Bonchev–Trinajstić information content (AvgIpc) is 3.12. The number of fused-ring (bicyclic) bond motifs is 1. The quantitative estimate of drug-likeness (QED) is 0.581. The Morgan fingerprint density at radius 2 is 1.94 bits per heavy atom. The Labute approximate surface area is 183 Å². The van der Waals surface area contributed by atoms with Gasteiger partial charge in [-0.1, -0.05) is 12.1 Å². The Balaban J connectivity index is 1.60. The van der Waals surface area contributed by atoms with Gasteiger partial charge in [0.1, 0.15) is 11.6 Å². The van der Waals surface area contributed by atoms with Crippen molar-refractivity contribution in [2.24, 2.45) is 5.92 Å². The summed E-state index contributed by atoms with van der Waals surface area (Å²) in [6.07, 6.45) is 1.94. The minimum Gasteiger partial charge on any atom is -0.340 e. The van der Waals surface area contributed by atoms with Crippen molar-refractivity contribution in [3.05, 3.63) is 60.2 Å². The van der Waals surface area contributed by atoms with Crippen LogP contribution in [0.2, 0.25) is 0 Å². The third-order valence-corrected chi connectivity index (χ3v) is 6.18. The van der Waals surface area contributed by atoms with Gasteiger partial charge in [0.25, 0.3) is 0 Å². The first-order valence-corrected chi connectivity index (χ1v) is 11.2. The third kappa shape index (κ3) is 4.49. The highest BCUT2D eigenvalue weighted by molar-refractivity contribution is 5.79. The van der Waals surface area contributed by atoms with Crippen LogP contribution in [0.1, 0.15) is 39.4 Å². The van der Waals surface area contributed by atoms with Gasteiger partial charge in [0.15, 0.2) is 0 Å². The van der Waals surface area contributed by atoms with Crippen LogP contribution in [0.4, 0.5) is 4.39 Å². The van der Waals surface area contributed by atoms with E-state index in [0.29, 0.717) is 6.54 Å². The maximum atomic E-state index is 13.5. The monoisotopic (exact) mass is 422 g/mol. The predicted octanol–water partition coefficient (Wildman–Crippen LogP) is 4.63. The van der Waals surface area contributed by atoms with Crippen LogP contribution in [0.5, 0.6) is 0 Å². The molecular formula is C25H31FN4O. The van der Waals surface area contributed by atoms with Crippen molar-refractivity contribution >= 4 is 16.9 Å². The predicted molar refractivity (Wildman–Crippen MR) is 122 cm³/mol. The number of piperidine rings is 1. The zero-order chi connectivity index (χ0) is 22.0. The zero-order valence-electron chi connectivity index (χ0n) is 18.6. The molecule has 164 valence electrons. The topological polar surface area (TPSA) is 41.4 Å². The highest BCUT2D eigenvalue weighted by Gasteiger charge is 2.30. The molecule has 0 radical (unpaired) electrons. The number of halogens is 1. The van der Waals surface area contributed by atoms with Crippen LogP contribution in [-0.2, 0) is 11.3 Å². The summed E-state index contributed by atoms with van der Waals surface area (Å²) >= 11 is 0. The van der Waals surface area contributed by atoms with Gasteiger partial charge in [-0.2, -0.15) is 0 Å². The Hall–Kier alpha value is -2.73. The number of imidazole rings is 1. The SMILES string of the molecule is CCN(C(=O)[C@@H]1CCCN(Cc2nc3ccccc3n2-c2ccc(F)cc2)C1)C(C)C. The summed E-state index contributed by atoms with van der Waals surface area (Å²) in [5.74, 6) is 0.948. The first-order valence-electron chi connectivity index (χ1n) is 11.2. The minimum absolute atomic E-state index is 0.0275. The van der Waals surface area contributed by atoms with Crippen molar-refractivity contribution in [2.75, 3.05) is 19.6 Å². The number of rotatable bonds is 6. The van der Waals surface area contributed by atoms with E-state index in [0.717, 1.165) is 55.0 Å². The number of carbonyl (C=O) groups is 1. The summed E-state index contributed by atoms with van der Waals surface area (Å²) in [7, 11) is 0. The van der Waals surface area contributed by atoms with E-state index in [1.54, 1.807) is 12.1 Å².